The van der Waals surface area contributed by atoms with E-state index >= 15 is 0 Å². The van der Waals surface area contributed by atoms with Crippen molar-refractivity contribution < 1.29 is 9.59 Å². The van der Waals surface area contributed by atoms with Crippen LogP contribution in [0, 0.1) is 5.92 Å². The van der Waals surface area contributed by atoms with Gasteiger partial charge in [0.25, 0.3) is 0 Å². The minimum atomic E-state index is -0.390. The van der Waals surface area contributed by atoms with E-state index in [4.69, 9.17) is 0 Å². The Bertz CT molecular complexity index is 246. The summed E-state index contributed by atoms with van der Waals surface area (Å²) in [5.41, 5.74) is 2.18. The third kappa shape index (κ3) is 1.82. The number of hydrogen-bond donors (Lipinski definition) is 1. The van der Waals surface area contributed by atoms with Gasteiger partial charge in [0.15, 0.2) is 0 Å². The Kier molecular flexibility index (Phi) is 2.32. The van der Waals surface area contributed by atoms with Crippen molar-refractivity contribution in [2.24, 2.45) is 5.92 Å². The van der Waals surface area contributed by atoms with Crippen LogP contribution in [0.25, 0.3) is 0 Å². The zero-order valence-corrected chi connectivity index (χ0v) is 8.55. The summed E-state index contributed by atoms with van der Waals surface area (Å²) in [5.74, 6) is -0.201. The van der Waals surface area contributed by atoms with Gasteiger partial charge in [0.2, 0.25) is 11.8 Å². The Morgan fingerprint density at radius 2 is 2.08 bits per heavy atom. The van der Waals surface area contributed by atoms with E-state index < -0.39 is 5.54 Å². The van der Waals surface area contributed by atoms with Crippen LogP contribution < -0.4 is 5.43 Å². The fourth-order valence-electron chi connectivity index (χ4n) is 1.40. The van der Waals surface area contributed by atoms with Gasteiger partial charge < -0.3 is 0 Å². The smallest absolute Gasteiger partial charge is 0.244 e. The molecule has 4 heteroatoms. The maximum atomic E-state index is 11.6. The number of hydrogen-bond acceptors (Lipinski definition) is 2. The molecule has 0 aromatic carbocycles. The Hall–Kier alpha value is -1.06. The van der Waals surface area contributed by atoms with Gasteiger partial charge >= 0.3 is 0 Å². The highest BCUT2D eigenvalue weighted by Crippen LogP contribution is 2.24. The third-order valence-electron chi connectivity index (χ3n) is 2.15. The van der Waals surface area contributed by atoms with E-state index in [1.165, 1.54) is 5.01 Å². The second-order valence-electron chi connectivity index (χ2n) is 4.35. The number of amides is 2. The van der Waals surface area contributed by atoms with Crippen LogP contribution in [0.2, 0.25) is 0 Å². The van der Waals surface area contributed by atoms with Gasteiger partial charge in [-0.25, -0.2) is 5.01 Å². The van der Waals surface area contributed by atoms with Gasteiger partial charge in [0.05, 0.1) is 12.0 Å². The standard InChI is InChI=1S/C9H16N2O2/c1-6(2)8(13)11-9(3,4)5-7(12)10-11/h6H,5H2,1-4H3,(H,10,12). The number of nitrogens with zero attached hydrogens (tertiary/aromatic N) is 1. The summed E-state index contributed by atoms with van der Waals surface area (Å²) in [7, 11) is 0. The first-order chi connectivity index (χ1) is 5.84. The molecular weight excluding hydrogens is 168 g/mol. The number of carbonyl (C=O) groups excluding carboxylic acids is 2. The first kappa shape index (κ1) is 10.0. The zero-order valence-electron chi connectivity index (χ0n) is 8.55. The van der Waals surface area contributed by atoms with Crippen LogP contribution >= 0.6 is 0 Å². The van der Waals surface area contributed by atoms with Crippen molar-refractivity contribution in [3.8, 4) is 0 Å². The quantitative estimate of drug-likeness (QED) is 0.651. The monoisotopic (exact) mass is 184 g/mol. The van der Waals surface area contributed by atoms with Gasteiger partial charge in [-0.05, 0) is 13.8 Å². The lowest BCUT2D eigenvalue weighted by Gasteiger charge is -2.30. The maximum Gasteiger partial charge on any atom is 0.244 e. The minimum absolute atomic E-state index is 0.0316. The topological polar surface area (TPSA) is 49.4 Å². The highest BCUT2D eigenvalue weighted by atomic mass is 16.2. The normalized spacial score (nSPS) is 20.7. The molecule has 1 saturated heterocycles. The van der Waals surface area contributed by atoms with Crippen LogP contribution in [0.5, 0.6) is 0 Å². The molecular formula is C9H16N2O2. The fraction of sp³-hybridized carbons (Fsp3) is 0.778. The van der Waals surface area contributed by atoms with Gasteiger partial charge in [-0.3, -0.25) is 15.0 Å². The molecule has 74 valence electrons. The molecule has 1 rings (SSSR count). The van der Waals surface area contributed by atoms with Crippen molar-refractivity contribution in [2.75, 3.05) is 0 Å². The predicted octanol–water partition coefficient (Wildman–Crippen LogP) is 0.684. The molecule has 0 bridgehead atoms. The van der Waals surface area contributed by atoms with Crippen molar-refractivity contribution in [1.82, 2.24) is 10.4 Å². The van der Waals surface area contributed by atoms with Crippen LogP contribution in [0.4, 0.5) is 0 Å². The first-order valence-corrected chi connectivity index (χ1v) is 4.48. The summed E-state index contributed by atoms with van der Waals surface area (Å²) < 4.78 is 0. The van der Waals surface area contributed by atoms with Crippen molar-refractivity contribution in [3.05, 3.63) is 0 Å². The Balaban J connectivity index is 2.81. The number of carbonyl (C=O) groups is 2. The lowest BCUT2D eigenvalue weighted by atomic mass is 10.0. The number of hydrazine groups is 1. The summed E-state index contributed by atoms with van der Waals surface area (Å²) in [5, 5.41) is 1.44. The molecule has 0 atom stereocenters. The molecule has 0 spiro atoms. The largest absolute Gasteiger partial charge is 0.273 e. The third-order valence-corrected chi connectivity index (χ3v) is 2.15. The van der Waals surface area contributed by atoms with E-state index in [1.54, 1.807) is 0 Å². The number of nitrogens with one attached hydrogen (secondary N) is 1. The zero-order chi connectivity index (χ0) is 10.2. The van der Waals surface area contributed by atoms with Crippen LogP contribution in [-0.4, -0.2) is 22.4 Å². The van der Waals surface area contributed by atoms with Gasteiger partial charge in [-0.2, -0.15) is 0 Å². The van der Waals surface area contributed by atoms with Gasteiger partial charge in [0, 0.05) is 5.92 Å². The van der Waals surface area contributed by atoms with Crippen LogP contribution in [0.3, 0.4) is 0 Å². The average molecular weight is 184 g/mol. The highest BCUT2D eigenvalue weighted by molar-refractivity contribution is 5.87. The molecule has 0 aromatic heterocycles. The molecule has 1 N–H and O–H groups in total. The molecule has 1 heterocycles. The van der Waals surface area contributed by atoms with Crippen LogP contribution in [0.1, 0.15) is 34.1 Å². The summed E-state index contributed by atoms with van der Waals surface area (Å²) in [6.07, 6.45) is 0.380. The predicted molar refractivity (Wildman–Crippen MR) is 48.5 cm³/mol. The molecule has 0 aromatic rings. The minimum Gasteiger partial charge on any atom is -0.273 e. The molecule has 1 fully saturated rings. The van der Waals surface area contributed by atoms with Crippen molar-refractivity contribution in [3.63, 3.8) is 0 Å². The molecule has 0 saturated carbocycles. The molecule has 2 amide bonds. The lowest BCUT2D eigenvalue weighted by molar-refractivity contribution is -0.143. The Morgan fingerprint density at radius 1 is 1.54 bits per heavy atom. The fourth-order valence-corrected chi connectivity index (χ4v) is 1.40. The first-order valence-electron chi connectivity index (χ1n) is 4.48. The van der Waals surface area contributed by atoms with E-state index in [1.807, 2.05) is 27.7 Å². The number of rotatable bonds is 1. The van der Waals surface area contributed by atoms with Crippen molar-refractivity contribution >= 4 is 11.8 Å². The summed E-state index contributed by atoms with van der Waals surface area (Å²) in [6, 6.07) is 0. The molecule has 0 unspecified atom stereocenters. The Morgan fingerprint density at radius 3 is 2.38 bits per heavy atom. The van der Waals surface area contributed by atoms with E-state index in [0.29, 0.717) is 6.42 Å². The SMILES string of the molecule is CC(C)C(=O)N1NC(=O)CC1(C)C. The van der Waals surface area contributed by atoms with Gasteiger partial charge in [-0.1, -0.05) is 13.8 Å². The van der Waals surface area contributed by atoms with Gasteiger partial charge in [-0.15, -0.1) is 0 Å². The van der Waals surface area contributed by atoms with Crippen molar-refractivity contribution in [1.29, 1.82) is 0 Å². The summed E-state index contributed by atoms with van der Waals surface area (Å²) in [4.78, 5) is 22.7. The molecule has 1 aliphatic rings. The van der Waals surface area contributed by atoms with Crippen molar-refractivity contribution in [2.45, 2.75) is 39.7 Å². The summed E-state index contributed by atoms with van der Waals surface area (Å²) in [6.45, 7) is 7.40. The van der Waals surface area contributed by atoms with E-state index in [2.05, 4.69) is 5.43 Å². The highest BCUT2D eigenvalue weighted by Gasteiger charge is 2.40. The molecule has 1 aliphatic heterocycles. The molecule has 4 nitrogen and oxygen atoms in total. The second-order valence-corrected chi connectivity index (χ2v) is 4.35. The van der Waals surface area contributed by atoms with Crippen LogP contribution in [0.15, 0.2) is 0 Å². The summed E-state index contributed by atoms with van der Waals surface area (Å²) >= 11 is 0. The van der Waals surface area contributed by atoms with Crippen LogP contribution in [-0.2, 0) is 9.59 Å². The Labute approximate surface area is 78.3 Å². The van der Waals surface area contributed by atoms with E-state index in [9.17, 15) is 9.59 Å². The maximum absolute atomic E-state index is 11.6. The van der Waals surface area contributed by atoms with E-state index in [-0.39, 0.29) is 17.7 Å². The molecule has 0 radical (unpaired) electrons. The van der Waals surface area contributed by atoms with E-state index in [0.717, 1.165) is 0 Å². The average Bonchev–Trinajstić information content (AvgIpc) is 2.22. The lowest BCUT2D eigenvalue weighted by Crippen LogP contribution is -2.50. The van der Waals surface area contributed by atoms with Gasteiger partial charge in [0.1, 0.15) is 0 Å². The molecule has 13 heavy (non-hydrogen) atoms. The second kappa shape index (κ2) is 3.01. The molecule has 0 aliphatic carbocycles.